The lowest BCUT2D eigenvalue weighted by Crippen LogP contribution is -2.32. The molecular formula is C12H17N3O3. The summed E-state index contributed by atoms with van der Waals surface area (Å²) in [4.78, 5) is 22.3. The van der Waals surface area contributed by atoms with Gasteiger partial charge in [0.2, 0.25) is 0 Å². The van der Waals surface area contributed by atoms with Crippen LogP contribution < -0.4 is 5.32 Å². The average molecular weight is 251 g/mol. The third kappa shape index (κ3) is 3.32. The maximum Gasteiger partial charge on any atom is 0.305 e. The van der Waals surface area contributed by atoms with Gasteiger partial charge >= 0.3 is 5.97 Å². The minimum absolute atomic E-state index is 0.00532. The first-order chi connectivity index (χ1) is 8.65. The minimum Gasteiger partial charge on any atom is -0.481 e. The molecule has 1 aliphatic rings. The van der Waals surface area contributed by atoms with E-state index >= 15 is 0 Å². The summed E-state index contributed by atoms with van der Waals surface area (Å²) < 4.78 is 1.48. The van der Waals surface area contributed by atoms with Gasteiger partial charge in [0.05, 0.1) is 13.0 Å². The van der Waals surface area contributed by atoms with Gasteiger partial charge in [0.1, 0.15) is 5.69 Å². The van der Waals surface area contributed by atoms with Crippen LogP contribution in [0.25, 0.3) is 0 Å². The molecule has 0 radical (unpaired) electrons. The molecule has 2 rings (SSSR count). The van der Waals surface area contributed by atoms with Gasteiger partial charge in [-0.05, 0) is 18.9 Å². The van der Waals surface area contributed by atoms with Crippen LogP contribution in [0.15, 0.2) is 12.3 Å². The maximum absolute atomic E-state index is 11.8. The van der Waals surface area contributed by atoms with E-state index in [9.17, 15) is 9.59 Å². The lowest BCUT2D eigenvalue weighted by molar-refractivity contribution is -0.137. The second-order valence-corrected chi connectivity index (χ2v) is 4.56. The Morgan fingerprint density at radius 1 is 1.44 bits per heavy atom. The van der Waals surface area contributed by atoms with Crippen molar-refractivity contribution in [2.75, 3.05) is 0 Å². The summed E-state index contributed by atoms with van der Waals surface area (Å²) in [5.74, 6) is -1.04. The summed E-state index contributed by atoms with van der Waals surface area (Å²) in [5.41, 5.74) is 0.354. The van der Waals surface area contributed by atoms with E-state index in [2.05, 4.69) is 10.4 Å². The number of aryl methyl sites for hydroxylation is 1. The van der Waals surface area contributed by atoms with Gasteiger partial charge in [-0.2, -0.15) is 5.10 Å². The zero-order valence-electron chi connectivity index (χ0n) is 10.1. The van der Waals surface area contributed by atoms with Gasteiger partial charge in [0.15, 0.2) is 0 Å². The van der Waals surface area contributed by atoms with Gasteiger partial charge < -0.3 is 10.4 Å². The predicted molar refractivity (Wildman–Crippen MR) is 64.2 cm³/mol. The molecule has 0 bridgehead atoms. The van der Waals surface area contributed by atoms with Gasteiger partial charge in [-0.15, -0.1) is 0 Å². The van der Waals surface area contributed by atoms with Crippen LogP contribution >= 0.6 is 0 Å². The molecule has 0 atom stereocenters. The Morgan fingerprint density at radius 3 is 2.83 bits per heavy atom. The smallest absolute Gasteiger partial charge is 0.305 e. The summed E-state index contributed by atoms with van der Waals surface area (Å²) >= 11 is 0. The Kier molecular flexibility index (Phi) is 3.96. The number of aliphatic carboxylic acids is 1. The van der Waals surface area contributed by atoms with Gasteiger partial charge in [-0.25, -0.2) is 0 Å². The van der Waals surface area contributed by atoms with E-state index in [1.165, 1.54) is 4.68 Å². The molecule has 6 nitrogen and oxygen atoms in total. The van der Waals surface area contributed by atoms with E-state index in [0.717, 1.165) is 25.7 Å². The van der Waals surface area contributed by atoms with E-state index in [0.29, 0.717) is 5.69 Å². The number of carbonyl (C=O) groups excluding carboxylic acids is 1. The quantitative estimate of drug-likeness (QED) is 0.818. The van der Waals surface area contributed by atoms with E-state index < -0.39 is 5.97 Å². The molecule has 1 aliphatic carbocycles. The van der Waals surface area contributed by atoms with Crippen molar-refractivity contribution in [3.8, 4) is 0 Å². The summed E-state index contributed by atoms with van der Waals surface area (Å²) in [6, 6.07) is 1.88. The first kappa shape index (κ1) is 12.6. The Bertz CT molecular complexity index is 436. The topological polar surface area (TPSA) is 84.2 Å². The summed E-state index contributed by atoms with van der Waals surface area (Å²) in [5, 5.41) is 15.6. The number of hydrogen-bond donors (Lipinski definition) is 2. The zero-order chi connectivity index (χ0) is 13.0. The van der Waals surface area contributed by atoms with Crippen molar-refractivity contribution in [1.29, 1.82) is 0 Å². The molecule has 1 amide bonds. The van der Waals surface area contributed by atoms with E-state index in [1.807, 2.05) is 0 Å². The van der Waals surface area contributed by atoms with E-state index in [4.69, 9.17) is 5.11 Å². The molecule has 0 aliphatic heterocycles. The highest BCUT2D eigenvalue weighted by Crippen LogP contribution is 2.17. The molecule has 1 fully saturated rings. The zero-order valence-corrected chi connectivity index (χ0v) is 10.1. The number of carbonyl (C=O) groups is 2. The lowest BCUT2D eigenvalue weighted by Gasteiger charge is -2.09. The van der Waals surface area contributed by atoms with Crippen LogP contribution in [-0.4, -0.2) is 32.8 Å². The molecule has 0 spiro atoms. The Hall–Kier alpha value is -1.85. The van der Waals surface area contributed by atoms with Crippen LogP contribution in [0.3, 0.4) is 0 Å². The highest BCUT2D eigenvalue weighted by molar-refractivity contribution is 5.92. The van der Waals surface area contributed by atoms with Crippen molar-refractivity contribution in [3.63, 3.8) is 0 Å². The number of carboxylic acids is 1. The third-order valence-electron chi connectivity index (χ3n) is 3.12. The maximum atomic E-state index is 11.8. The van der Waals surface area contributed by atoms with E-state index in [-0.39, 0.29) is 24.9 Å². The van der Waals surface area contributed by atoms with Gasteiger partial charge in [0.25, 0.3) is 5.91 Å². The van der Waals surface area contributed by atoms with Crippen LogP contribution in [0.2, 0.25) is 0 Å². The lowest BCUT2D eigenvalue weighted by atomic mass is 10.2. The number of hydrogen-bond acceptors (Lipinski definition) is 3. The molecule has 6 heteroatoms. The fourth-order valence-electron chi connectivity index (χ4n) is 2.15. The first-order valence-electron chi connectivity index (χ1n) is 6.21. The molecule has 1 heterocycles. The molecule has 18 heavy (non-hydrogen) atoms. The van der Waals surface area contributed by atoms with Crippen molar-refractivity contribution in [3.05, 3.63) is 18.0 Å². The van der Waals surface area contributed by atoms with Gasteiger partial charge in [0, 0.05) is 12.2 Å². The number of carboxylic acid groups (broad SMARTS) is 1. The van der Waals surface area contributed by atoms with Crippen LogP contribution in [-0.2, 0) is 11.3 Å². The van der Waals surface area contributed by atoms with Gasteiger partial charge in [-0.3, -0.25) is 14.3 Å². The summed E-state index contributed by atoms with van der Waals surface area (Å²) in [6.45, 7) is 0.284. The average Bonchev–Trinajstić information content (AvgIpc) is 2.96. The summed E-state index contributed by atoms with van der Waals surface area (Å²) in [6.07, 6.45) is 6.03. The molecule has 1 aromatic heterocycles. The number of rotatable bonds is 5. The second-order valence-electron chi connectivity index (χ2n) is 4.56. The molecule has 98 valence electrons. The Balaban J connectivity index is 1.88. The van der Waals surface area contributed by atoms with Crippen molar-refractivity contribution < 1.29 is 14.7 Å². The standard InChI is InChI=1S/C12H17N3O3/c16-11(17)6-8-15-7-5-10(14-15)12(18)13-9-3-1-2-4-9/h5,7,9H,1-4,6,8H2,(H,13,18)(H,16,17). The van der Waals surface area contributed by atoms with Crippen LogP contribution in [0.5, 0.6) is 0 Å². The third-order valence-corrected chi connectivity index (χ3v) is 3.12. The molecule has 1 saturated carbocycles. The van der Waals surface area contributed by atoms with E-state index in [1.54, 1.807) is 12.3 Å². The van der Waals surface area contributed by atoms with Gasteiger partial charge in [-0.1, -0.05) is 12.8 Å². The minimum atomic E-state index is -0.873. The van der Waals surface area contributed by atoms with Crippen molar-refractivity contribution in [2.45, 2.75) is 44.7 Å². The van der Waals surface area contributed by atoms with Crippen molar-refractivity contribution >= 4 is 11.9 Å². The SMILES string of the molecule is O=C(O)CCn1ccc(C(=O)NC2CCCC2)n1. The Morgan fingerprint density at radius 2 is 2.17 bits per heavy atom. The largest absolute Gasteiger partial charge is 0.481 e. The fourth-order valence-corrected chi connectivity index (χ4v) is 2.15. The molecular weight excluding hydrogens is 234 g/mol. The normalized spacial score (nSPS) is 15.8. The number of nitrogens with zero attached hydrogens (tertiary/aromatic N) is 2. The second kappa shape index (κ2) is 5.66. The number of nitrogens with one attached hydrogen (secondary N) is 1. The summed E-state index contributed by atoms with van der Waals surface area (Å²) in [7, 11) is 0. The molecule has 0 unspecified atom stereocenters. The predicted octanol–water partition coefficient (Wildman–Crippen LogP) is 1.03. The van der Waals surface area contributed by atoms with Crippen molar-refractivity contribution in [1.82, 2.24) is 15.1 Å². The molecule has 2 N–H and O–H groups in total. The molecule has 0 aromatic carbocycles. The van der Waals surface area contributed by atoms with Crippen LogP contribution in [0.1, 0.15) is 42.6 Å². The number of amides is 1. The first-order valence-corrected chi connectivity index (χ1v) is 6.21. The van der Waals surface area contributed by atoms with Crippen LogP contribution in [0.4, 0.5) is 0 Å². The highest BCUT2D eigenvalue weighted by atomic mass is 16.4. The molecule has 1 aromatic rings. The molecule has 0 saturated heterocycles. The highest BCUT2D eigenvalue weighted by Gasteiger charge is 2.19. The van der Waals surface area contributed by atoms with Crippen molar-refractivity contribution in [2.24, 2.45) is 0 Å². The fraction of sp³-hybridized carbons (Fsp3) is 0.583. The van der Waals surface area contributed by atoms with Crippen LogP contribution in [0, 0.1) is 0 Å². The Labute approximate surface area is 105 Å². The monoisotopic (exact) mass is 251 g/mol. The number of aromatic nitrogens is 2.